The molecule has 2 rings (SSSR count). The molecule has 1 aromatic rings. The number of hydrogen-bond donors (Lipinski definition) is 1. The zero-order valence-electron chi connectivity index (χ0n) is 8.24. The van der Waals surface area contributed by atoms with E-state index in [9.17, 15) is 4.79 Å². The maximum absolute atomic E-state index is 11.0. The number of Topliss-reactive ketones (excluding diaryl/α,β-unsaturated/α-hetero) is 1. The van der Waals surface area contributed by atoms with Crippen molar-refractivity contribution in [3.05, 3.63) is 17.5 Å². The van der Waals surface area contributed by atoms with Gasteiger partial charge in [-0.15, -0.1) is 0 Å². The van der Waals surface area contributed by atoms with Gasteiger partial charge in [0.05, 0.1) is 0 Å². The van der Waals surface area contributed by atoms with Crippen LogP contribution in [0.4, 0.5) is 5.82 Å². The lowest BCUT2D eigenvalue weighted by Gasteiger charge is -2.22. The summed E-state index contributed by atoms with van der Waals surface area (Å²) in [6.07, 6.45) is 4.69. The molecule has 80 valence electrons. The highest BCUT2D eigenvalue weighted by molar-refractivity contribution is 6.28. The summed E-state index contributed by atoms with van der Waals surface area (Å²) in [4.78, 5) is 18.9. The van der Waals surface area contributed by atoms with Crippen molar-refractivity contribution in [3.63, 3.8) is 0 Å². The van der Waals surface area contributed by atoms with Crippen molar-refractivity contribution in [2.75, 3.05) is 5.32 Å². The zero-order chi connectivity index (χ0) is 10.7. The van der Waals surface area contributed by atoms with E-state index in [4.69, 9.17) is 11.6 Å². The van der Waals surface area contributed by atoms with E-state index >= 15 is 0 Å². The highest BCUT2D eigenvalue weighted by Crippen LogP contribution is 2.18. The fourth-order valence-electron chi connectivity index (χ4n) is 1.71. The number of halogens is 1. The molecule has 0 aliphatic heterocycles. The van der Waals surface area contributed by atoms with E-state index in [0.29, 0.717) is 24.7 Å². The van der Waals surface area contributed by atoms with E-state index in [1.165, 1.54) is 0 Å². The van der Waals surface area contributed by atoms with Crippen LogP contribution in [0.25, 0.3) is 0 Å². The summed E-state index contributed by atoms with van der Waals surface area (Å²) in [5, 5.41) is 3.50. The van der Waals surface area contributed by atoms with Crippen LogP contribution in [0.2, 0.25) is 5.28 Å². The van der Waals surface area contributed by atoms with E-state index in [0.717, 1.165) is 18.7 Å². The molecule has 0 saturated heterocycles. The minimum Gasteiger partial charge on any atom is -0.367 e. The fraction of sp³-hybridized carbons (Fsp3) is 0.500. The van der Waals surface area contributed by atoms with Crippen molar-refractivity contribution in [2.24, 2.45) is 0 Å². The predicted octanol–water partition coefficient (Wildman–Crippen LogP) is 2.05. The molecule has 0 bridgehead atoms. The lowest BCUT2D eigenvalue weighted by molar-refractivity contribution is -0.120. The maximum Gasteiger partial charge on any atom is 0.224 e. The lowest BCUT2D eigenvalue weighted by Crippen LogP contribution is -2.26. The van der Waals surface area contributed by atoms with Gasteiger partial charge in [-0.2, -0.15) is 0 Å². The normalized spacial score (nSPS) is 17.8. The van der Waals surface area contributed by atoms with Crippen molar-refractivity contribution < 1.29 is 4.79 Å². The smallest absolute Gasteiger partial charge is 0.224 e. The van der Waals surface area contributed by atoms with Gasteiger partial charge >= 0.3 is 0 Å². The van der Waals surface area contributed by atoms with Gasteiger partial charge < -0.3 is 5.32 Å². The largest absolute Gasteiger partial charge is 0.367 e. The number of hydrogen-bond acceptors (Lipinski definition) is 4. The first-order valence-corrected chi connectivity index (χ1v) is 5.38. The Hall–Kier alpha value is -1.16. The highest BCUT2D eigenvalue weighted by Gasteiger charge is 2.18. The van der Waals surface area contributed by atoms with E-state index in [1.54, 1.807) is 12.3 Å². The van der Waals surface area contributed by atoms with Gasteiger partial charge in [0.25, 0.3) is 0 Å². The van der Waals surface area contributed by atoms with Crippen LogP contribution in [0.1, 0.15) is 25.7 Å². The van der Waals surface area contributed by atoms with Gasteiger partial charge in [-0.05, 0) is 30.5 Å². The number of aromatic nitrogens is 2. The minimum atomic E-state index is 0.242. The SMILES string of the molecule is O=C1CCC(Nc2ccnc(Cl)n2)CC1. The van der Waals surface area contributed by atoms with Gasteiger partial charge in [0.1, 0.15) is 11.6 Å². The zero-order valence-corrected chi connectivity index (χ0v) is 9.00. The van der Waals surface area contributed by atoms with Crippen LogP contribution >= 0.6 is 11.6 Å². The summed E-state index contributed by atoms with van der Waals surface area (Å²) in [5.41, 5.74) is 0. The third kappa shape index (κ3) is 2.89. The summed E-state index contributed by atoms with van der Waals surface area (Å²) in [6, 6.07) is 2.11. The first-order chi connectivity index (χ1) is 7.24. The van der Waals surface area contributed by atoms with Crippen LogP contribution in [0.15, 0.2) is 12.3 Å². The number of carbonyl (C=O) groups excluding carboxylic acids is 1. The molecule has 5 heteroatoms. The van der Waals surface area contributed by atoms with Gasteiger partial charge in [0.15, 0.2) is 0 Å². The lowest BCUT2D eigenvalue weighted by atomic mass is 9.94. The number of rotatable bonds is 2. The van der Waals surface area contributed by atoms with Crippen molar-refractivity contribution in [2.45, 2.75) is 31.7 Å². The number of ketones is 1. The summed E-state index contributed by atoms with van der Waals surface area (Å²) >= 11 is 5.67. The van der Waals surface area contributed by atoms with Crippen molar-refractivity contribution in [3.8, 4) is 0 Å². The molecule has 1 N–H and O–H groups in total. The first kappa shape index (κ1) is 10.4. The van der Waals surface area contributed by atoms with Gasteiger partial charge in [0.2, 0.25) is 5.28 Å². The van der Waals surface area contributed by atoms with Crippen LogP contribution in [0.5, 0.6) is 0 Å². The van der Waals surface area contributed by atoms with Crippen molar-refractivity contribution in [1.29, 1.82) is 0 Å². The predicted molar refractivity (Wildman–Crippen MR) is 57.9 cm³/mol. The Kier molecular flexibility index (Phi) is 3.16. The van der Waals surface area contributed by atoms with Gasteiger partial charge in [-0.3, -0.25) is 4.79 Å². The Bertz CT molecular complexity index is 359. The molecular weight excluding hydrogens is 214 g/mol. The summed E-state index contributed by atoms with van der Waals surface area (Å²) in [7, 11) is 0. The molecular formula is C10H12ClN3O. The van der Waals surface area contributed by atoms with Gasteiger partial charge in [-0.1, -0.05) is 0 Å². The number of nitrogens with zero attached hydrogens (tertiary/aromatic N) is 2. The second kappa shape index (κ2) is 4.57. The van der Waals surface area contributed by atoms with Crippen LogP contribution in [0.3, 0.4) is 0 Å². The molecule has 0 aromatic carbocycles. The Balaban J connectivity index is 1.94. The molecule has 4 nitrogen and oxygen atoms in total. The van der Waals surface area contributed by atoms with Crippen LogP contribution in [0, 0.1) is 0 Å². The second-order valence-electron chi connectivity index (χ2n) is 3.67. The topological polar surface area (TPSA) is 54.9 Å². The molecule has 1 aromatic heterocycles. The highest BCUT2D eigenvalue weighted by atomic mass is 35.5. The maximum atomic E-state index is 11.0. The monoisotopic (exact) mass is 225 g/mol. The quantitative estimate of drug-likeness (QED) is 0.783. The summed E-state index contributed by atoms with van der Waals surface area (Å²) < 4.78 is 0. The standard InChI is InChI=1S/C10H12ClN3O/c11-10-12-6-5-9(14-10)13-7-1-3-8(15)4-2-7/h5-7H,1-4H2,(H,12,13,14). The Labute approximate surface area is 93.1 Å². The molecule has 0 radical (unpaired) electrons. The van der Waals surface area contributed by atoms with Gasteiger partial charge in [-0.25, -0.2) is 9.97 Å². The van der Waals surface area contributed by atoms with E-state index in [-0.39, 0.29) is 5.28 Å². The van der Waals surface area contributed by atoms with E-state index in [1.807, 2.05) is 0 Å². The van der Waals surface area contributed by atoms with Crippen molar-refractivity contribution >= 4 is 23.2 Å². The van der Waals surface area contributed by atoms with Gasteiger partial charge in [0, 0.05) is 25.1 Å². The van der Waals surface area contributed by atoms with Crippen LogP contribution < -0.4 is 5.32 Å². The molecule has 15 heavy (non-hydrogen) atoms. The van der Waals surface area contributed by atoms with E-state index in [2.05, 4.69) is 15.3 Å². The van der Waals surface area contributed by atoms with Crippen LogP contribution in [-0.4, -0.2) is 21.8 Å². The van der Waals surface area contributed by atoms with Crippen LogP contribution in [-0.2, 0) is 4.79 Å². The molecule has 1 saturated carbocycles. The molecule has 1 fully saturated rings. The number of nitrogens with one attached hydrogen (secondary N) is 1. The Morgan fingerprint density at radius 3 is 2.80 bits per heavy atom. The minimum absolute atomic E-state index is 0.242. The summed E-state index contributed by atoms with van der Waals surface area (Å²) in [6.45, 7) is 0. The molecule has 0 atom stereocenters. The molecule has 0 amide bonds. The average Bonchev–Trinajstić information content (AvgIpc) is 2.22. The number of carbonyl (C=O) groups is 1. The summed E-state index contributed by atoms with van der Waals surface area (Å²) in [5.74, 6) is 1.09. The fourth-order valence-corrected chi connectivity index (χ4v) is 1.86. The molecule has 1 heterocycles. The molecule has 1 aliphatic carbocycles. The molecule has 1 aliphatic rings. The number of anilines is 1. The van der Waals surface area contributed by atoms with Crippen molar-refractivity contribution in [1.82, 2.24) is 9.97 Å². The molecule has 0 spiro atoms. The average molecular weight is 226 g/mol. The third-order valence-electron chi connectivity index (χ3n) is 2.52. The molecule has 0 unspecified atom stereocenters. The Morgan fingerprint density at radius 2 is 2.13 bits per heavy atom. The third-order valence-corrected chi connectivity index (χ3v) is 2.70. The van der Waals surface area contributed by atoms with E-state index < -0.39 is 0 Å². The first-order valence-electron chi connectivity index (χ1n) is 5.01. The second-order valence-corrected chi connectivity index (χ2v) is 4.01. The Morgan fingerprint density at radius 1 is 1.40 bits per heavy atom.